The number of anilines is 2. The molecule has 198 valence electrons. The van der Waals surface area contributed by atoms with Crippen LogP contribution >= 0.6 is 11.6 Å². The molecule has 1 aliphatic heterocycles. The highest BCUT2D eigenvalue weighted by Gasteiger charge is 2.34. The standard InChI is InChI=1S/C26H25ClF2N6O3/c1-33-25(3-4-31-33)32-24-8-19(20(27)9-30-24)16-7-23-26(37)35(18(14-38-2)12-34(23)10-16)11-15-5-21(28)22(29)6-17(15)13-36/h3-10,18,36H,11-14H2,1-2H3,(H,30,32). The second-order valence-corrected chi connectivity index (χ2v) is 9.42. The molecule has 0 radical (unpaired) electrons. The number of aliphatic hydroxyl groups is 1. The summed E-state index contributed by atoms with van der Waals surface area (Å²) in [7, 11) is 3.34. The first-order chi connectivity index (χ1) is 18.3. The molecular weight excluding hydrogens is 518 g/mol. The Labute approximate surface area is 222 Å². The van der Waals surface area contributed by atoms with Crippen molar-refractivity contribution >= 4 is 29.1 Å². The summed E-state index contributed by atoms with van der Waals surface area (Å²) in [5.41, 5.74) is 2.35. The summed E-state index contributed by atoms with van der Waals surface area (Å²) >= 11 is 6.50. The Kier molecular flexibility index (Phi) is 7.15. The molecule has 0 bridgehead atoms. The van der Waals surface area contributed by atoms with E-state index in [-0.39, 0.29) is 30.7 Å². The number of benzene rings is 1. The summed E-state index contributed by atoms with van der Waals surface area (Å²) in [5.74, 6) is -1.11. The lowest BCUT2D eigenvalue weighted by Crippen LogP contribution is -2.49. The number of aliphatic hydroxyl groups excluding tert-OH is 1. The average molecular weight is 543 g/mol. The lowest BCUT2D eigenvalue weighted by atomic mass is 10.0. The smallest absolute Gasteiger partial charge is 0.271 e. The van der Waals surface area contributed by atoms with Gasteiger partial charge in [-0.3, -0.25) is 9.48 Å². The molecule has 38 heavy (non-hydrogen) atoms. The third-order valence-electron chi connectivity index (χ3n) is 6.58. The first-order valence-electron chi connectivity index (χ1n) is 11.8. The number of aromatic nitrogens is 4. The van der Waals surface area contributed by atoms with Gasteiger partial charge in [0.15, 0.2) is 11.6 Å². The molecule has 1 atom stereocenters. The van der Waals surface area contributed by atoms with Crippen LogP contribution in [0, 0.1) is 11.6 Å². The van der Waals surface area contributed by atoms with Crippen LogP contribution in [0.2, 0.25) is 5.02 Å². The van der Waals surface area contributed by atoms with Gasteiger partial charge < -0.3 is 24.6 Å². The highest BCUT2D eigenvalue weighted by atomic mass is 35.5. The molecule has 0 fully saturated rings. The van der Waals surface area contributed by atoms with Gasteiger partial charge in [0.05, 0.1) is 30.5 Å². The Morgan fingerprint density at radius 2 is 1.97 bits per heavy atom. The lowest BCUT2D eigenvalue weighted by molar-refractivity contribution is 0.0386. The van der Waals surface area contributed by atoms with Crippen molar-refractivity contribution in [1.82, 2.24) is 24.2 Å². The van der Waals surface area contributed by atoms with Crippen molar-refractivity contribution in [2.45, 2.75) is 25.7 Å². The van der Waals surface area contributed by atoms with E-state index in [9.17, 15) is 18.7 Å². The Morgan fingerprint density at radius 1 is 1.21 bits per heavy atom. The van der Waals surface area contributed by atoms with Crippen LogP contribution in [0.15, 0.2) is 48.9 Å². The van der Waals surface area contributed by atoms with Crippen molar-refractivity contribution in [3.05, 3.63) is 82.4 Å². The number of methoxy groups -OCH3 is 1. The van der Waals surface area contributed by atoms with Crippen molar-refractivity contribution in [2.24, 2.45) is 7.05 Å². The molecule has 1 amide bonds. The predicted molar refractivity (Wildman–Crippen MR) is 137 cm³/mol. The van der Waals surface area contributed by atoms with Crippen LogP contribution in [0.25, 0.3) is 11.1 Å². The van der Waals surface area contributed by atoms with E-state index in [1.807, 2.05) is 16.8 Å². The second-order valence-electron chi connectivity index (χ2n) is 9.02. The number of nitrogens with one attached hydrogen (secondary N) is 1. The van der Waals surface area contributed by atoms with Crippen LogP contribution < -0.4 is 5.32 Å². The van der Waals surface area contributed by atoms with Gasteiger partial charge in [-0.05, 0) is 35.4 Å². The molecule has 1 aliphatic rings. The topological polar surface area (TPSA) is 97.4 Å². The zero-order chi connectivity index (χ0) is 27.0. The quantitative estimate of drug-likeness (QED) is 0.348. The number of aryl methyl sites for hydroxylation is 1. The summed E-state index contributed by atoms with van der Waals surface area (Å²) in [5, 5.41) is 17.4. The molecule has 9 nitrogen and oxygen atoms in total. The first kappa shape index (κ1) is 25.8. The lowest BCUT2D eigenvalue weighted by Gasteiger charge is -2.36. The van der Waals surface area contributed by atoms with E-state index in [4.69, 9.17) is 16.3 Å². The van der Waals surface area contributed by atoms with Crippen molar-refractivity contribution in [3.8, 4) is 11.1 Å². The summed E-state index contributed by atoms with van der Waals surface area (Å²) < 4.78 is 36.6. The maximum Gasteiger partial charge on any atom is 0.271 e. The normalized spacial score (nSPS) is 15.2. The van der Waals surface area contributed by atoms with Crippen molar-refractivity contribution < 1.29 is 23.4 Å². The number of amides is 1. The fourth-order valence-corrected chi connectivity index (χ4v) is 4.84. The highest BCUT2D eigenvalue weighted by Crippen LogP contribution is 2.34. The van der Waals surface area contributed by atoms with Gasteiger partial charge in [-0.1, -0.05) is 11.6 Å². The minimum absolute atomic E-state index is 0.0186. The van der Waals surface area contributed by atoms with Crippen LogP contribution in [0.3, 0.4) is 0 Å². The number of carbonyl (C=O) groups is 1. The van der Waals surface area contributed by atoms with Crippen LogP contribution in [0.4, 0.5) is 20.4 Å². The highest BCUT2D eigenvalue weighted by molar-refractivity contribution is 6.33. The number of hydrogen-bond acceptors (Lipinski definition) is 6. The number of hydrogen-bond donors (Lipinski definition) is 2. The van der Waals surface area contributed by atoms with Gasteiger partial charge in [0.2, 0.25) is 0 Å². The van der Waals surface area contributed by atoms with Gasteiger partial charge in [0.1, 0.15) is 17.3 Å². The molecule has 0 aliphatic carbocycles. The van der Waals surface area contributed by atoms with E-state index in [0.717, 1.165) is 23.5 Å². The summed E-state index contributed by atoms with van der Waals surface area (Å²) in [6.07, 6.45) is 5.05. The SMILES string of the molecule is COCC1Cn2cc(-c3cc(Nc4ccnn4C)ncc3Cl)cc2C(=O)N1Cc1cc(F)c(F)cc1CO. The molecule has 4 heterocycles. The van der Waals surface area contributed by atoms with Gasteiger partial charge in [0.25, 0.3) is 5.91 Å². The maximum absolute atomic E-state index is 14.0. The number of fused-ring (bicyclic) bond motifs is 1. The third kappa shape index (κ3) is 4.87. The molecule has 3 aromatic heterocycles. The van der Waals surface area contributed by atoms with Crippen LogP contribution in [-0.4, -0.2) is 55.0 Å². The minimum atomic E-state index is -1.05. The Morgan fingerprint density at radius 3 is 2.66 bits per heavy atom. The molecule has 0 spiro atoms. The minimum Gasteiger partial charge on any atom is -0.392 e. The number of halogens is 3. The maximum atomic E-state index is 14.0. The Hall–Kier alpha value is -3.80. The summed E-state index contributed by atoms with van der Waals surface area (Å²) in [4.78, 5) is 19.6. The van der Waals surface area contributed by atoms with Crippen molar-refractivity contribution in [3.63, 3.8) is 0 Å². The van der Waals surface area contributed by atoms with Gasteiger partial charge >= 0.3 is 0 Å². The molecule has 1 aromatic carbocycles. The molecule has 12 heteroatoms. The van der Waals surface area contributed by atoms with E-state index < -0.39 is 18.2 Å². The zero-order valence-corrected chi connectivity index (χ0v) is 21.4. The molecule has 2 N–H and O–H groups in total. The van der Waals surface area contributed by atoms with Crippen LogP contribution in [0.1, 0.15) is 21.6 Å². The Balaban J connectivity index is 1.48. The van der Waals surface area contributed by atoms with Crippen molar-refractivity contribution in [1.29, 1.82) is 0 Å². The number of ether oxygens (including phenoxy) is 1. The van der Waals surface area contributed by atoms with E-state index in [1.165, 1.54) is 13.3 Å². The number of pyridine rings is 1. The number of carbonyl (C=O) groups excluding carboxylic acids is 1. The monoisotopic (exact) mass is 542 g/mol. The molecule has 4 aromatic rings. The van der Waals surface area contributed by atoms with Gasteiger partial charge in [-0.15, -0.1) is 0 Å². The molecule has 0 saturated heterocycles. The molecular formula is C26H25ClF2N6O3. The van der Waals surface area contributed by atoms with E-state index in [1.54, 1.807) is 35.0 Å². The largest absolute Gasteiger partial charge is 0.392 e. The van der Waals surface area contributed by atoms with Crippen LogP contribution in [-0.2, 0) is 31.5 Å². The van der Waals surface area contributed by atoms with Gasteiger partial charge in [-0.2, -0.15) is 5.10 Å². The zero-order valence-electron chi connectivity index (χ0n) is 20.7. The van der Waals surface area contributed by atoms with Crippen LogP contribution in [0.5, 0.6) is 0 Å². The number of nitrogens with zero attached hydrogens (tertiary/aromatic N) is 5. The third-order valence-corrected chi connectivity index (χ3v) is 6.88. The molecule has 1 unspecified atom stereocenters. The second kappa shape index (κ2) is 10.5. The van der Waals surface area contributed by atoms with Gasteiger partial charge in [-0.25, -0.2) is 13.8 Å². The summed E-state index contributed by atoms with van der Waals surface area (Å²) in [6.45, 7) is 0.135. The van der Waals surface area contributed by atoms with E-state index in [2.05, 4.69) is 15.4 Å². The van der Waals surface area contributed by atoms with Gasteiger partial charge in [0, 0.05) is 56.8 Å². The fraction of sp³-hybridized carbons (Fsp3) is 0.269. The molecule has 0 saturated carbocycles. The van der Waals surface area contributed by atoms with Crippen molar-refractivity contribution in [2.75, 3.05) is 19.0 Å². The van der Waals surface area contributed by atoms with E-state index >= 15 is 0 Å². The van der Waals surface area contributed by atoms with E-state index in [0.29, 0.717) is 34.2 Å². The first-order valence-corrected chi connectivity index (χ1v) is 12.2. The average Bonchev–Trinajstić information content (AvgIpc) is 3.50. The fourth-order valence-electron chi connectivity index (χ4n) is 4.63. The predicted octanol–water partition coefficient (Wildman–Crippen LogP) is 4.12. The molecule has 5 rings (SSSR count). The number of rotatable bonds is 8. The Bertz CT molecular complexity index is 1500. The summed E-state index contributed by atoms with van der Waals surface area (Å²) in [6, 6.07) is 6.94.